The van der Waals surface area contributed by atoms with Crippen LogP contribution in [-0.2, 0) is 14.6 Å². The molecule has 1 aromatic rings. The highest BCUT2D eigenvalue weighted by Gasteiger charge is 2.25. The summed E-state index contributed by atoms with van der Waals surface area (Å²) >= 11 is 0. The first kappa shape index (κ1) is 14.0. The highest BCUT2D eigenvalue weighted by Crippen LogP contribution is 2.25. The zero-order valence-electron chi connectivity index (χ0n) is 10.4. The molecule has 5 heteroatoms. The third-order valence-corrected chi connectivity index (χ3v) is 5.24. The monoisotopic (exact) mass is 257 g/mol. The highest BCUT2D eigenvalue weighted by atomic mass is 32.2. The minimum absolute atomic E-state index is 0.320. The lowest BCUT2D eigenvalue weighted by molar-refractivity contribution is 0.194. The van der Waals surface area contributed by atoms with E-state index >= 15 is 0 Å². The number of nitrogens with two attached hydrogens (primary N) is 1. The Hall–Kier alpha value is -1.07. The lowest BCUT2D eigenvalue weighted by Crippen LogP contribution is -2.20. The van der Waals surface area contributed by atoms with Gasteiger partial charge in [-0.3, -0.25) is 0 Å². The first-order valence-electron chi connectivity index (χ1n) is 5.49. The van der Waals surface area contributed by atoms with Crippen LogP contribution in [0.3, 0.4) is 0 Å². The molecule has 0 aliphatic heterocycles. The van der Waals surface area contributed by atoms with Gasteiger partial charge >= 0.3 is 0 Å². The molecule has 1 rings (SSSR count). The van der Waals surface area contributed by atoms with Crippen molar-refractivity contribution in [3.63, 3.8) is 0 Å². The molecule has 0 aliphatic carbocycles. The first-order valence-corrected chi connectivity index (χ1v) is 7.03. The summed E-state index contributed by atoms with van der Waals surface area (Å²) in [7, 11) is -1.76. The van der Waals surface area contributed by atoms with Gasteiger partial charge in [0.15, 0.2) is 9.84 Å². The highest BCUT2D eigenvalue weighted by molar-refractivity contribution is 7.92. The quantitative estimate of drug-likeness (QED) is 0.816. The Morgan fingerprint density at radius 2 is 2.06 bits per heavy atom. The Morgan fingerprint density at radius 1 is 1.41 bits per heavy atom. The van der Waals surface area contributed by atoms with Gasteiger partial charge in [-0.25, -0.2) is 8.42 Å². The lowest BCUT2D eigenvalue weighted by atomic mass is 10.2. The van der Waals surface area contributed by atoms with Gasteiger partial charge in [0, 0.05) is 19.4 Å². The van der Waals surface area contributed by atoms with Crippen molar-refractivity contribution < 1.29 is 13.2 Å². The number of ether oxygens (including phenoxy) is 1. The van der Waals surface area contributed by atoms with Gasteiger partial charge in [-0.15, -0.1) is 0 Å². The smallest absolute Gasteiger partial charge is 0.181 e. The summed E-state index contributed by atoms with van der Waals surface area (Å²) in [5.74, 6) is 0. The number of hydrogen-bond acceptors (Lipinski definition) is 4. The topological polar surface area (TPSA) is 69.4 Å². The first-order chi connectivity index (χ1) is 7.91. The maximum atomic E-state index is 12.3. The molecule has 0 aromatic heterocycles. The van der Waals surface area contributed by atoms with E-state index in [1.807, 2.05) is 0 Å². The van der Waals surface area contributed by atoms with Crippen LogP contribution in [0.5, 0.6) is 0 Å². The summed E-state index contributed by atoms with van der Waals surface area (Å²) in [5.41, 5.74) is 6.86. The second-order valence-corrected chi connectivity index (χ2v) is 6.44. The van der Waals surface area contributed by atoms with E-state index in [2.05, 4.69) is 0 Å². The predicted molar refractivity (Wildman–Crippen MR) is 68.7 cm³/mol. The van der Waals surface area contributed by atoms with Gasteiger partial charge in [-0.05, 0) is 38.0 Å². The van der Waals surface area contributed by atoms with E-state index in [1.165, 1.54) is 0 Å². The molecule has 0 radical (unpaired) electrons. The van der Waals surface area contributed by atoms with Crippen molar-refractivity contribution in [1.29, 1.82) is 0 Å². The SMILES string of the molecule is COCCC(C)S(=O)(=O)c1cccc(N)c1C. The molecule has 2 N–H and O–H groups in total. The molecule has 0 saturated heterocycles. The number of rotatable bonds is 5. The molecular formula is C12H19NO3S. The Labute approximate surface area is 103 Å². The van der Waals surface area contributed by atoms with Crippen molar-refractivity contribution in [2.45, 2.75) is 30.4 Å². The van der Waals surface area contributed by atoms with Gasteiger partial charge in [0.1, 0.15) is 0 Å². The Morgan fingerprint density at radius 3 is 2.65 bits per heavy atom. The van der Waals surface area contributed by atoms with Crippen LogP contribution in [0, 0.1) is 6.92 Å². The molecule has 0 saturated carbocycles. The maximum absolute atomic E-state index is 12.3. The average Bonchev–Trinajstić information content (AvgIpc) is 2.29. The number of hydrogen-bond donors (Lipinski definition) is 1. The number of methoxy groups -OCH3 is 1. The van der Waals surface area contributed by atoms with Gasteiger partial charge < -0.3 is 10.5 Å². The van der Waals surface area contributed by atoms with Crippen LogP contribution >= 0.6 is 0 Å². The van der Waals surface area contributed by atoms with Crippen LogP contribution in [0.1, 0.15) is 18.9 Å². The number of sulfone groups is 1. The summed E-state index contributed by atoms with van der Waals surface area (Å²) < 4.78 is 29.5. The fourth-order valence-electron chi connectivity index (χ4n) is 1.60. The Balaban J connectivity index is 3.09. The van der Waals surface area contributed by atoms with E-state index < -0.39 is 15.1 Å². The van der Waals surface area contributed by atoms with Gasteiger partial charge in [0.2, 0.25) is 0 Å². The molecule has 0 heterocycles. The summed E-state index contributed by atoms with van der Waals surface area (Å²) in [5, 5.41) is -0.469. The van der Waals surface area contributed by atoms with E-state index in [-0.39, 0.29) is 0 Å². The summed E-state index contributed by atoms with van der Waals surface area (Å²) in [4.78, 5) is 0.320. The van der Waals surface area contributed by atoms with Crippen LogP contribution in [-0.4, -0.2) is 27.4 Å². The van der Waals surface area contributed by atoms with Crippen molar-refractivity contribution in [3.05, 3.63) is 23.8 Å². The molecule has 0 bridgehead atoms. The van der Waals surface area contributed by atoms with Gasteiger partial charge in [-0.2, -0.15) is 0 Å². The van der Waals surface area contributed by atoms with Crippen molar-refractivity contribution >= 4 is 15.5 Å². The molecule has 0 fully saturated rings. The molecule has 4 nitrogen and oxygen atoms in total. The number of benzene rings is 1. The molecule has 0 spiro atoms. The molecule has 96 valence electrons. The van der Waals surface area contributed by atoms with Gasteiger partial charge in [0.05, 0.1) is 10.1 Å². The largest absolute Gasteiger partial charge is 0.398 e. The summed E-state index contributed by atoms with van der Waals surface area (Å²) in [6, 6.07) is 4.97. The molecule has 1 aromatic carbocycles. The fraction of sp³-hybridized carbons (Fsp3) is 0.500. The number of nitrogen functional groups attached to an aromatic ring is 1. The number of anilines is 1. The minimum atomic E-state index is -3.32. The van der Waals surface area contributed by atoms with Crippen LogP contribution in [0.15, 0.2) is 23.1 Å². The fourth-order valence-corrected chi connectivity index (χ4v) is 3.25. The predicted octanol–water partition coefficient (Wildman–Crippen LogP) is 1.78. The normalized spacial score (nSPS) is 13.6. The summed E-state index contributed by atoms with van der Waals surface area (Å²) in [6.45, 7) is 3.85. The van der Waals surface area contributed by atoms with E-state index in [0.29, 0.717) is 29.2 Å². The van der Waals surface area contributed by atoms with E-state index in [9.17, 15) is 8.42 Å². The molecule has 0 amide bonds. The molecule has 1 atom stereocenters. The molecule has 17 heavy (non-hydrogen) atoms. The van der Waals surface area contributed by atoms with E-state index in [1.54, 1.807) is 39.2 Å². The van der Waals surface area contributed by atoms with Gasteiger partial charge in [-0.1, -0.05) is 6.07 Å². The Bertz CT molecular complexity index is 483. The van der Waals surface area contributed by atoms with Crippen LogP contribution < -0.4 is 5.73 Å². The van der Waals surface area contributed by atoms with Crippen molar-refractivity contribution in [2.75, 3.05) is 19.5 Å². The maximum Gasteiger partial charge on any atom is 0.181 e. The van der Waals surface area contributed by atoms with Crippen LogP contribution in [0.4, 0.5) is 5.69 Å². The van der Waals surface area contributed by atoms with E-state index in [0.717, 1.165) is 0 Å². The van der Waals surface area contributed by atoms with Gasteiger partial charge in [0.25, 0.3) is 0 Å². The van der Waals surface area contributed by atoms with Crippen molar-refractivity contribution in [2.24, 2.45) is 0 Å². The van der Waals surface area contributed by atoms with Crippen molar-refractivity contribution in [1.82, 2.24) is 0 Å². The molecule has 0 aliphatic rings. The molecule has 1 unspecified atom stereocenters. The molecular weight excluding hydrogens is 238 g/mol. The van der Waals surface area contributed by atoms with E-state index in [4.69, 9.17) is 10.5 Å². The minimum Gasteiger partial charge on any atom is -0.398 e. The standard InChI is InChI=1S/C12H19NO3S/c1-9(7-8-16-3)17(14,15)12-6-4-5-11(13)10(12)2/h4-6,9H,7-8,13H2,1-3H3. The third-order valence-electron chi connectivity index (χ3n) is 2.89. The summed E-state index contributed by atoms with van der Waals surface area (Å²) in [6.07, 6.45) is 0.479. The van der Waals surface area contributed by atoms with Crippen molar-refractivity contribution in [3.8, 4) is 0 Å². The average molecular weight is 257 g/mol. The lowest BCUT2D eigenvalue weighted by Gasteiger charge is -2.15. The third kappa shape index (κ3) is 2.98. The Kier molecular flexibility index (Phi) is 4.54. The zero-order chi connectivity index (χ0) is 13.1. The second kappa shape index (κ2) is 5.51. The zero-order valence-corrected chi connectivity index (χ0v) is 11.3. The van der Waals surface area contributed by atoms with Crippen LogP contribution in [0.25, 0.3) is 0 Å². The van der Waals surface area contributed by atoms with Crippen LogP contribution in [0.2, 0.25) is 0 Å². The second-order valence-electron chi connectivity index (χ2n) is 4.11.